The first-order valence-corrected chi connectivity index (χ1v) is 11.8. The third-order valence-corrected chi connectivity index (χ3v) is 5.08. The van der Waals surface area contributed by atoms with Crippen LogP contribution < -0.4 is 0 Å². The lowest BCUT2D eigenvalue weighted by molar-refractivity contribution is -0.143. The normalized spacial score (nSPS) is 10.8. The molecule has 0 aromatic heterocycles. The molecule has 26 heavy (non-hydrogen) atoms. The molecule has 0 saturated carbocycles. The number of hydrogen-bond acceptors (Lipinski definition) is 3. The van der Waals surface area contributed by atoms with Crippen molar-refractivity contribution in [2.45, 2.75) is 116 Å². The van der Waals surface area contributed by atoms with Gasteiger partial charge >= 0.3 is 5.97 Å². The fourth-order valence-electron chi connectivity index (χ4n) is 3.26. The summed E-state index contributed by atoms with van der Waals surface area (Å²) in [5, 5.41) is 0. The number of rotatable bonds is 21. The summed E-state index contributed by atoms with van der Waals surface area (Å²) < 4.78 is 5.01. The van der Waals surface area contributed by atoms with Crippen LogP contribution in [0.2, 0.25) is 0 Å². The summed E-state index contributed by atoms with van der Waals surface area (Å²) in [6.07, 6.45) is 25.3. The van der Waals surface area contributed by atoms with Crippen LogP contribution in [-0.4, -0.2) is 18.3 Å². The highest BCUT2D eigenvalue weighted by Crippen LogP contribution is 2.14. The van der Waals surface area contributed by atoms with E-state index in [0.29, 0.717) is 18.8 Å². The van der Waals surface area contributed by atoms with Gasteiger partial charge < -0.3 is 4.74 Å². The minimum absolute atomic E-state index is 0.0632. The first kappa shape index (κ1) is 25.6. The van der Waals surface area contributed by atoms with E-state index in [1.165, 1.54) is 96.3 Å². The Kier molecular flexibility index (Phi) is 22.2. The van der Waals surface area contributed by atoms with E-state index in [0.717, 1.165) is 12.8 Å². The van der Waals surface area contributed by atoms with Gasteiger partial charge in [-0.05, 0) is 19.3 Å². The lowest BCUT2D eigenvalue weighted by atomic mass is 10.0. The molecule has 2 nitrogen and oxygen atoms in total. The van der Waals surface area contributed by atoms with Crippen molar-refractivity contribution in [1.29, 1.82) is 0 Å². The summed E-state index contributed by atoms with van der Waals surface area (Å²) in [5.74, 6) is 0.550. The Balaban J connectivity index is 3.05. The number of carbonyl (C=O) groups excluding carboxylic acids is 1. The fourth-order valence-corrected chi connectivity index (χ4v) is 3.36. The maximum absolute atomic E-state index is 11.3. The monoisotopic (exact) mass is 384 g/mol. The summed E-state index contributed by atoms with van der Waals surface area (Å²) in [5.41, 5.74) is 0. The summed E-state index contributed by atoms with van der Waals surface area (Å²) in [7, 11) is 0. The van der Waals surface area contributed by atoms with Crippen LogP contribution in [0.1, 0.15) is 116 Å². The highest BCUT2D eigenvalue weighted by Gasteiger charge is 2.01. The zero-order chi connectivity index (χ0) is 19.1. The molecule has 0 spiro atoms. The second-order valence-electron chi connectivity index (χ2n) is 7.43. The highest BCUT2D eigenvalue weighted by molar-refractivity contribution is 7.80. The molecule has 0 bridgehead atoms. The molecule has 154 valence electrons. The number of allylic oxidation sites excluding steroid dienone is 1. The van der Waals surface area contributed by atoms with Crippen molar-refractivity contribution in [3.8, 4) is 0 Å². The van der Waals surface area contributed by atoms with E-state index in [9.17, 15) is 4.79 Å². The van der Waals surface area contributed by atoms with Gasteiger partial charge in [-0.2, -0.15) is 12.6 Å². The Morgan fingerprint density at radius 3 is 1.46 bits per heavy atom. The maximum Gasteiger partial charge on any atom is 0.305 e. The zero-order valence-electron chi connectivity index (χ0n) is 17.2. The van der Waals surface area contributed by atoms with Gasteiger partial charge in [0.25, 0.3) is 0 Å². The van der Waals surface area contributed by atoms with E-state index >= 15 is 0 Å². The molecule has 0 atom stereocenters. The van der Waals surface area contributed by atoms with Gasteiger partial charge in [-0.25, -0.2) is 0 Å². The predicted octanol–water partition coefficient (Wildman–Crippen LogP) is 7.67. The van der Waals surface area contributed by atoms with E-state index in [1.54, 1.807) is 0 Å². The molecule has 0 aromatic rings. The molecule has 0 fully saturated rings. The second kappa shape index (κ2) is 22.6. The lowest BCUT2D eigenvalue weighted by Crippen LogP contribution is -2.06. The topological polar surface area (TPSA) is 26.3 Å². The number of unbranched alkanes of at least 4 members (excludes halogenated alkanes) is 16. The molecule has 3 heteroatoms. The van der Waals surface area contributed by atoms with E-state index in [-0.39, 0.29) is 5.97 Å². The van der Waals surface area contributed by atoms with Gasteiger partial charge in [-0.3, -0.25) is 4.79 Å². The number of hydrogen-bond donors (Lipinski definition) is 1. The van der Waals surface area contributed by atoms with Crippen LogP contribution in [-0.2, 0) is 9.53 Å². The van der Waals surface area contributed by atoms with Gasteiger partial charge in [-0.15, -0.1) is 6.58 Å². The molecule has 0 saturated heterocycles. The fraction of sp³-hybridized carbons (Fsp3) is 0.870. The van der Waals surface area contributed by atoms with Crippen molar-refractivity contribution in [3.63, 3.8) is 0 Å². The Morgan fingerprint density at radius 1 is 0.692 bits per heavy atom. The number of thiol groups is 1. The van der Waals surface area contributed by atoms with Crippen molar-refractivity contribution in [1.82, 2.24) is 0 Å². The molecular formula is C23H44O2S. The first-order chi connectivity index (χ1) is 12.8. The average molecular weight is 385 g/mol. The van der Waals surface area contributed by atoms with Crippen molar-refractivity contribution in [2.75, 3.05) is 12.4 Å². The standard InChI is InChI=1S/C23H44O2S/c1-2-3-4-5-6-7-8-9-10-11-12-13-14-15-16-17-18-19-20-23(24)25-21-22-26/h2,26H,1,3-22H2. The van der Waals surface area contributed by atoms with Crippen LogP contribution in [0.5, 0.6) is 0 Å². The Labute approximate surface area is 169 Å². The third kappa shape index (κ3) is 21.6. The van der Waals surface area contributed by atoms with Gasteiger partial charge in [-0.1, -0.05) is 96.0 Å². The number of esters is 1. The molecular weight excluding hydrogens is 340 g/mol. The van der Waals surface area contributed by atoms with Crippen LogP contribution in [0, 0.1) is 0 Å². The third-order valence-electron chi connectivity index (χ3n) is 4.89. The van der Waals surface area contributed by atoms with Crippen molar-refractivity contribution in [2.24, 2.45) is 0 Å². The summed E-state index contributed by atoms with van der Waals surface area (Å²) in [4.78, 5) is 11.3. The Morgan fingerprint density at radius 2 is 1.08 bits per heavy atom. The average Bonchev–Trinajstić information content (AvgIpc) is 2.65. The summed E-state index contributed by atoms with van der Waals surface area (Å²) in [6, 6.07) is 0. The highest BCUT2D eigenvalue weighted by atomic mass is 32.1. The minimum atomic E-state index is -0.0632. The van der Waals surface area contributed by atoms with Crippen LogP contribution in [0.4, 0.5) is 0 Å². The predicted molar refractivity (Wildman–Crippen MR) is 118 cm³/mol. The zero-order valence-corrected chi connectivity index (χ0v) is 18.1. The molecule has 0 aliphatic rings. The number of ether oxygens (including phenoxy) is 1. The summed E-state index contributed by atoms with van der Waals surface area (Å²) >= 11 is 4.03. The van der Waals surface area contributed by atoms with E-state index in [4.69, 9.17) is 4.74 Å². The maximum atomic E-state index is 11.3. The molecule has 0 N–H and O–H groups in total. The molecule has 0 aliphatic heterocycles. The molecule has 0 radical (unpaired) electrons. The second-order valence-corrected chi connectivity index (χ2v) is 7.88. The van der Waals surface area contributed by atoms with Crippen molar-refractivity contribution < 1.29 is 9.53 Å². The lowest BCUT2D eigenvalue weighted by Gasteiger charge is -2.04. The van der Waals surface area contributed by atoms with Gasteiger partial charge in [0.1, 0.15) is 6.61 Å². The van der Waals surface area contributed by atoms with Gasteiger partial charge in [0.05, 0.1) is 0 Å². The van der Waals surface area contributed by atoms with Crippen LogP contribution in [0.15, 0.2) is 12.7 Å². The Bertz CT molecular complexity index is 305. The van der Waals surface area contributed by atoms with E-state index in [2.05, 4.69) is 19.2 Å². The minimum Gasteiger partial charge on any atom is -0.465 e. The van der Waals surface area contributed by atoms with Gasteiger partial charge in [0, 0.05) is 12.2 Å². The number of carbonyl (C=O) groups is 1. The van der Waals surface area contributed by atoms with Gasteiger partial charge in [0.2, 0.25) is 0 Å². The van der Waals surface area contributed by atoms with Gasteiger partial charge in [0.15, 0.2) is 0 Å². The van der Waals surface area contributed by atoms with E-state index < -0.39 is 0 Å². The molecule has 0 aliphatic carbocycles. The van der Waals surface area contributed by atoms with Crippen molar-refractivity contribution in [3.05, 3.63) is 12.7 Å². The van der Waals surface area contributed by atoms with Crippen molar-refractivity contribution >= 4 is 18.6 Å². The molecule has 0 heterocycles. The smallest absolute Gasteiger partial charge is 0.305 e. The quantitative estimate of drug-likeness (QED) is 0.0951. The Hall–Kier alpha value is -0.440. The molecule has 0 aromatic carbocycles. The van der Waals surface area contributed by atoms with Crippen LogP contribution >= 0.6 is 12.6 Å². The summed E-state index contributed by atoms with van der Waals surface area (Å²) in [6.45, 7) is 4.21. The van der Waals surface area contributed by atoms with Crippen LogP contribution in [0.25, 0.3) is 0 Å². The SMILES string of the molecule is C=CCCCCCCCCCCCCCCCCCCC(=O)OCCS. The van der Waals surface area contributed by atoms with E-state index in [1.807, 2.05) is 6.08 Å². The first-order valence-electron chi connectivity index (χ1n) is 11.2. The molecule has 0 amide bonds. The molecule has 0 unspecified atom stereocenters. The largest absolute Gasteiger partial charge is 0.465 e. The molecule has 0 rings (SSSR count). The van der Waals surface area contributed by atoms with Crippen LogP contribution in [0.3, 0.4) is 0 Å².